The molecule has 0 bridgehead atoms. The number of hydrogen-bond acceptors (Lipinski definition) is 3. The van der Waals surface area contributed by atoms with Crippen LogP contribution in [-0.4, -0.2) is 16.1 Å². The molecule has 2 aromatic rings. The predicted octanol–water partition coefficient (Wildman–Crippen LogP) is 4.67. The molecule has 3 rings (SSSR count). The number of oxazole rings is 1. The molecule has 1 N–H and O–H groups in total. The van der Waals surface area contributed by atoms with Crippen molar-refractivity contribution in [3.63, 3.8) is 0 Å². The fourth-order valence-electron chi connectivity index (χ4n) is 2.64. The van der Waals surface area contributed by atoms with Crippen LogP contribution < -0.4 is 0 Å². The van der Waals surface area contributed by atoms with Gasteiger partial charge in [-0.15, -0.1) is 0 Å². The van der Waals surface area contributed by atoms with E-state index in [9.17, 15) is 4.79 Å². The van der Waals surface area contributed by atoms with Gasteiger partial charge in [0, 0.05) is 11.5 Å². The van der Waals surface area contributed by atoms with Crippen LogP contribution in [0.15, 0.2) is 58.7 Å². The van der Waals surface area contributed by atoms with Gasteiger partial charge >= 0.3 is 5.97 Å². The van der Waals surface area contributed by atoms with Crippen LogP contribution in [0.2, 0.25) is 0 Å². The second kappa shape index (κ2) is 6.24. The van der Waals surface area contributed by atoms with Crippen molar-refractivity contribution in [3.05, 3.63) is 65.6 Å². The first-order valence-electron chi connectivity index (χ1n) is 7.72. The van der Waals surface area contributed by atoms with Gasteiger partial charge in [-0.2, -0.15) is 0 Å². The van der Waals surface area contributed by atoms with E-state index in [1.807, 2.05) is 0 Å². The number of rotatable bonds is 4. The number of aromatic carboxylic acids is 1. The highest BCUT2D eigenvalue weighted by Gasteiger charge is 2.18. The Balaban J connectivity index is 1.83. The minimum atomic E-state index is -0.940. The summed E-state index contributed by atoms with van der Waals surface area (Å²) in [5, 5.41) is 8.94. The first-order chi connectivity index (χ1) is 11.0. The zero-order valence-corrected chi connectivity index (χ0v) is 13.2. The lowest BCUT2D eigenvalue weighted by Gasteiger charge is -2.16. The lowest BCUT2D eigenvalue weighted by Crippen LogP contribution is -2.01. The molecule has 118 valence electrons. The number of carboxylic acid groups (broad SMARTS) is 1. The summed E-state index contributed by atoms with van der Waals surface area (Å²) >= 11 is 0. The van der Waals surface area contributed by atoms with Gasteiger partial charge in [-0.05, 0) is 42.2 Å². The maximum atomic E-state index is 10.9. The van der Waals surface area contributed by atoms with Crippen LogP contribution in [-0.2, 0) is 0 Å². The molecular weight excluding hydrogens is 290 g/mol. The van der Waals surface area contributed by atoms with Crippen molar-refractivity contribution in [2.24, 2.45) is 5.92 Å². The first kappa shape index (κ1) is 15.3. The lowest BCUT2D eigenvalue weighted by molar-refractivity contribution is 0.0697. The summed E-state index contributed by atoms with van der Waals surface area (Å²) in [5.41, 5.74) is 2.34. The number of aromatic nitrogens is 1. The summed E-state index contributed by atoms with van der Waals surface area (Å²) in [7, 11) is 0. The predicted molar refractivity (Wildman–Crippen MR) is 88.3 cm³/mol. The fourth-order valence-corrected chi connectivity index (χ4v) is 2.64. The van der Waals surface area contributed by atoms with Crippen molar-refractivity contribution in [1.29, 1.82) is 0 Å². The lowest BCUT2D eigenvalue weighted by atomic mass is 9.89. The maximum Gasteiger partial charge on any atom is 0.335 e. The van der Waals surface area contributed by atoms with E-state index in [1.54, 1.807) is 30.5 Å². The number of carbonyl (C=O) groups is 1. The number of benzene rings is 1. The van der Waals surface area contributed by atoms with Crippen LogP contribution in [0.1, 0.15) is 42.3 Å². The molecule has 0 spiro atoms. The van der Waals surface area contributed by atoms with E-state index < -0.39 is 5.97 Å². The molecule has 1 heterocycles. The summed E-state index contributed by atoms with van der Waals surface area (Å²) in [5.74, 6) is 1.11. The molecule has 23 heavy (non-hydrogen) atoms. The molecule has 0 fully saturated rings. The number of allylic oxidation sites excluding steroid dienone is 4. The SMILES string of the molecule is CC(C)C1=CC(c2cnc(-c3ccc(C(=O)O)cc3)o2)CC=C1. The Morgan fingerprint density at radius 2 is 2.04 bits per heavy atom. The van der Waals surface area contributed by atoms with Crippen molar-refractivity contribution in [2.75, 3.05) is 0 Å². The number of hydrogen-bond donors (Lipinski definition) is 1. The molecule has 0 amide bonds. The molecule has 1 aliphatic carbocycles. The van der Waals surface area contributed by atoms with Crippen LogP contribution in [0.3, 0.4) is 0 Å². The van der Waals surface area contributed by atoms with Gasteiger partial charge in [0.05, 0.1) is 11.8 Å². The monoisotopic (exact) mass is 309 g/mol. The van der Waals surface area contributed by atoms with Gasteiger partial charge in [0.2, 0.25) is 5.89 Å². The Labute approximate surface area is 135 Å². The normalized spacial score (nSPS) is 17.3. The molecule has 1 atom stereocenters. The average molecular weight is 309 g/mol. The van der Waals surface area contributed by atoms with E-state index >= 15 is 0 Å². The van der Waals surface area contributed by atoms with E-state index in [2.05, 4.69) is 37.1 Å². The highest BCUT2D eigenvalue weighted by atomic mass is 16.4. The first-order valence-corrected chi connectivity index (χ1v) is 7.72. The molecule has 0 radical (unpaired) electrons. The van der Waals surface area contributed by atoms with Crippen molar-refractivity contribution in [3.8, 4) is 11.5 Å². The van der Waals surface area contributed by atoms with Gasteiger partial charge in [0.15, 0.2) is 0 Å². The van der Waals surface area contributed by atoms with Gasteiger partial charge in [-0.1, -0.05) is 32.1 Å². The standard InChI is InChI=1S/C19H19NO3/c1-12(2)15-4-3-5-16(10-15)17-11-20-18(23-17)13-6-8-14(9-7-13)19(21)22/h3-4,6-12,16H,5H2,1-2H3,(H,21,22). The minimum absolute atomic E-state index is 0.206. The number of carboxylic acids is 1. The van der Waals surface area contributed by atoms with Crippen molar-refractivity contribution >= 4 is 5.97 Å². The summed E-state index contributed by atoms with van der Waals surface area (Å²) in [4.78, 5) is 15.2. The van der Waals surface area contributed by atoms with E-state index in [1.165, 1.54) is 5.57 Å². The Morgan fingerprint density at radius 1 is 1.30 bits per heavy atom. The second-order valence-electron chi connectivity index (χ2n) is 6.02. The molecule has 1 aromatic heterocycles. The smallest absolute Gasteiger partial charge is 0.335 e. The Morgan fingerprint density at radius 3 is 2.70 bits per heavy atom. The van der Waals surface area contributed by atoms with Gasteiger partial charge in [0.1, 0.15) is 5.76 Å². The minimum Gasteiger partial charge on any atom is -0.478 e. The van der Waals surface area contributed by atoms with Gasteiger partial charge in [-0.25, -0.2) is 9.78 Å². The van der Waals surface area contributed by atoms with E-state index in [4.69, 9.17) is 9.52 Å². The molecule has 4 nitrogen and oxygen atoms in total. The summed E-state index contributed by atoms with van der Waals surface area (Å²) in [6.45, 7) is 4.35. The zero-order chi connectivity index (χ0) is 16.4. The Bertz CT molecular complexity index is 766. The molecule has 1 unspecified atom stereocenters. The van der Waals surface area contributed by atoms with E-state index in [0.717, 1.165) is 17.7 Å². The van der Waals surface area contributed by atoms with Crippen molar-refractivity contribution in [2.45, 2.75) is 26.2 Å². The summed E-state index contributed by atoms with van der Waals surface area (Å²) < 4.78 is 5.90. The highest BCUT2D eigenvalue weighted by Crippen LogP contribution is 2.32. The maximum absolute atomic E-state index is 10.9. The fraction of sp³-hybridized carbons (Fsp3) is 0.263. The van der Waals surface area contributed by atoms with E-state index in [0.29, 0.717) is 11.8 Å². The van der Waals surface area contributed by atoms with Crippen molar-refractivity contribution < 1.29 is 14.3 Å². The molecule has 1 aromatic carbocycles. The average Bonchev–Trinajstić information content (AvgIpc) is 3.05. The molecule has 0 saturated carbocycles. The quantitative estimate of drug-likeness (QED) is 0.891. The second-order valence-corrected chi connectivity index (χ2v) is 6.02. The largest absolute Gasteiger partial charge is 0.478 e. The zero-order valence-electron chi connectivity index (χ0n) is 13.2. The van der Waals surface area contributed by atoms with Gasteiger partial charge < -0.3 is 9.52 Å². The third-order valence-corrected chi connectivity index (χ3v) is 4.03. The summed E-state index contributed by atoms with van der Waals surface area (Å²) in [6, 6.07) is 6.55. The number of nitrogens with zero attached hydrogens (tertiary/aromatic N) is 1. The Hall–Kier alpha value is -2.62. The third-order valence-electron chi connectivity index (χ3n) is 4.03. The molecule has 4 heteroatoms. The van der Waals surface area contributed by atoms with Crippen LogP contribution in [0.25, 0.3) is 11.5 Å². The summed E-state index contributed by atoms with van der Waals surface area (Å²) in [6.07, 6.45) is 9.25. The topological polar surface area (TPSA) is 63.3 Å². The molecular formula is C19H19NO3. The van der Waals surface area contributed by atoms with Gasteiger partial charge in [0.25, 0.3) is 0 Å². The van der Waals surface area contributed by atoms with Gasteiger partial charge in [-0.3, -0.25) is 0 Å². The molecule has 0 saturated heterocycles. The van der Waals surface area contributed by atoms with Crippen molar-refractivity contribution in [1.82, 2.24) is 4.98 Å². The molecule has 1 aliphatic rings. The highest BCUT2D eigenvalue weighted by molar-refractivity contribution is 5.88. The van der Waals surface area contributed by atoms with Crippen LogP contribution in [0, 0.1) is 5.92 Å². The Kier molecular flexibility index (Phi) is 4.15. The van der Waals surface area contributed by atoms with Crippen LogP contribution in [0.5, 0.6) is 0 Å². The molecule has 0 aliphatic heterocycles. The third kappa shape index (κ3) is 3.26. The van der Waals surface area contributed by atoms with Crippen LogP contribution in [0.4, 0.5) is 0 Å². The van der Waals surface area contributed by atoms with E-state index in [-0.39, 0.29) is 11.5 Å². The van der Waals surface area contributed by atoms with Crippen LogP contribution >= 0.6 is 0 Å².